The van der Waals surface area contributed by atoms with Crippen molar-refractivity contribution in [3.63, 3.8) is 0 Å². The number of rotatable bonds is 7. The lowest BCUT2D eigenvalue weighted by atomic mass is 10.1. The lowest BCUT2D eigenvalue weighted by Gasteiger charge is -2.16. The van der Waals surface area contributed by atoms with Crippen LogP contribution >= 0.6 is 23.2 Å². The number of hydrogen-bond donors (Lipinski definition) is 1. The van der Waals surface area contributed by atoms with Crippen molar-refractivity contribution >= 4 is 23.2 Å². The summed E-state index contributed by atoms with van der Waals surface area (Å²) < 4.78 is 5.94. The Morgan fingerprint density at radius 3 is 2.59 bits per heavy atom. The van der Waals surface area contributed by atoms with Crippen LogP contribution in [0, 0.1) is 0 Å². The molecule has 118 valence electrons. The largest absolute Gasteiger partial charge is 0.489 e. The maximum atomic E-state index is 6.16. The normalized spacial score (nSPS) is 12.2. The molecule has 0 heterocycles. The Morgan fingerprint density at radius 2 is 1.86 bits per heavy atom. The average molecular weight is 338 g/mol. The first kappa shape index (κ1) is 17.1. The molecule has 0 amide bonds. The molecule has 0 fully saturated rings. The molecular formula is C18H21Cl2NO. The summed E-state index contributed by atoms with van der Waals surface area (Å²) >= 11 is 12.3. The van der Waals surface area contributed by atoms with Gasteiger partial charge in [-0.15, -0.1) is 0 Å². The fourth-order valence-corrected chi connectivity index (χ4v) is 2.41. The van der Waals surface area contributed by atoms with E-state index < -0.39 is 0 Å². The van der Waals surface area contributed by atoms with E-state index in [1.54, 1.807) is 0 Å². The molecule has 22 heavy (non-hydrogen) atoms. The molecule has 0 radical (unpaired) electrons. The molecule has 1 atom stereocenters. The number of nitrogens with one attached hydrogen (secondary N) is 1. The highest BCUT2D eigenvalue weighted by Crippen LogP contribution is 2.25. The lowest BCUT2D eigenvalue weighted by Crippen LogP contribution is -2.24. The lowest BCUT2D eigenvalue weighted by molar-refractivity contribution is 0.301. The van der Waals surface area contributed by atoms with Gasteiger partial charge in [0.15, 0.2) is 0 Å². The van der Waals surface area contributed by atoms with Crippen molar-refractivity contribution in [2.45, 2.75) is 39.5 Å². The summed E-state index contributed by atoms with van der Waals surface area (Å²) in [5, 5.41) is 4.89. The molecule has 0 aliphatic heterocycles. The van der Waals surface area contributed by atoms with Crippen LogP contribution in [0.1, 0.15) is 31.4 Å². The maximum absolute atomic E-state index is 6.16. The monoisotopic (exact) mass is 337 g/mol. The Kier molecular flexibility index (Phi) is 6.56. The Bertz CT molecular complexity index is 616. The molecule has 0 saturated heterocycles. The topological polar surface area (TPSA) is 21.3 Å². The molecule has 2 aromatic carbocycles. The highest BCUT2D eigenvalue weighted by atomic mass is 35.5. The smallest absolute Gasteiger partial charge is 0.124 e. The predicted molar refractivity (Wildman–Crippen MR) is 93.8 cm³/mol. The van der Waals surface area contributed by atoms with Crippen molar-refractivity contribution in [3.8, 4) is 5.75 Å². The second-order valence-corrected chi connectivity index (χ2v) is 6.17. The van der Waals surface area contributed by atoms with Crippen LogP contribution in [0.4, 0.5) is 0 Å². The van der Waals surface area contributed by atoms with Crippen molar-refractivity contribution < 1.29 is 4.74 Å². The van der Waals surface area contributed by atoms with Gasteiger partial charge in [-0.1, -0.05) is 48.3 Å². The van der Waals surface area contributed by atoms with Gasteiger partial charge < -0.3 is 10.1 Å². The average Bonchev–Trinajstić information content (AvgIpc) is 2.53. The molecule has 0 saturated carbocycles. The van der Waals surface area contributed by atoms with E-state index in [-0.39, 0.29) is 0 Å². The van der Waals surface area contributed by atoms with E-state index in [9.17, 15) is 0 Å². The Hall–Kier alpha value is -1.22. The van der Waals surface area contributed by atoms with Crippen molar-refractivity contribution in [2.24, 2.45) is 0 Å². The molecule has 2 rings (SSSR count). The highest BCUT2D eigenvalue weighted by Gasteiger charge is 2.08. The quantitative estimate of drug-likeness (QED) is 0.724. The summed E-state index contributed by atoms with van der Waals surface area (Å²) in [7, 11) is 0. The van der Waals surface area contributed by atoms with Crippen molar-refractivity contribution in [2.75, 3.05) is 0 Å². The van der Waals surface area contributed by atoms with Gasteiger partial charge in [-0.05, 0) is 37.6 Å². The molecule has 1 unspecified atom stereocenters. The Labute approximate surface area is 142 Å². The minimum Gasteiger partial charge on any atom is -0.489 e. The van der Waals surface area contributed by atoms with Crippen LogP contribution in [0.3, 0.4) is 0 Å². The molecule has 0 aromatic heterocycles. The van der Waals surface area contributed by atoms with Gasteiger partial charge in [-0.25, -0.2) is 0 Å². The second kappa shape index (κ2) is 8.42. The Balaban J connectivity index is 2.08. The number of halogens is 2. The summed E-state index contributed by atoms with van der Waals surface area (Å²) in [5.41, 5.74) is 2.03. The molecule has 0 aliphatic carbocycles. The zero-order chi connectivity index (χ0) is 15.9. The summed E-state index contributed by atoms with van der Waals surface area (Å²) in [6.07, 6.45) is 1.08. The summed E-state index contributed by atoms with van der Waals surface area (Å²) in [5.74, 6) is 0.833. The van der Waals surface area contributed by atoms with Crippen molar-refractivity contribution in [1.29, 1.82) is 0 Å². The zero-order valence-electron chi connectivity index (χ0n) is 12.9. The maximum Gasteiger partial charge on any atom is 0.124 e. The van der Waals surface area contributed by atoms with E-state index >= 15 is 0 Å². The van der Waals surface area contributed by atoms with Crippen LogP contribution in [0.15, 0.2) is 42.5 Å². The molecule has 2 nitrogen and oxygen atoms in total. The molecule has 2 aromatic rings. The van der Waals surface area contributed by atoms with E-state index in [1.165, 1.54) is 0 Å². The molecule has 0 bridgehead atoms. The van der Waals surface area contributed by atoms with Crippen LogP contribution in [-0.4, -0.2) is 6.04 Å². The second-order valence-electron chi connectivity index (χ2n) is 5.32. The number of ether oxygens (including phenoxy) is 1. The molecule has 0 aliphatic rings. The van der Waals surface area contributed by atoms with Crippen LogP contribution in [0.25, 0.3) is 0 Å². The minimum atomic E-state index is 0.442. The number of benzene rings is 2. The van der Waals surface area contributed by atoms with Gasteiger partial charge >= 0.3 is 0 Å². The third kappa shape index (κ3) is 4.91. The van der Waals surface area contributed by atoms with Crippen LogP contribution in [0.5, 0.6) is 5.75 Å². The molecule has 0 spiro atoms. The van der Waals surface area contributed by atoms with E-state index in [1.807, 2.05) is 42.5 Å². The van der Waals surface area contributed by atoms with Crippen molar-refractivity contribution in [1.82, 2.24) is 5.32 Å². The van der Waals surface area contributed by atoms with Crippen LogP contribution in [-0.2, 0) is 13.2 Å². The van der Waals surface area contributed by atoms with Gasteiger partial charge in [-0.2, -0.15) is 0 Å². The van der Waals surface area contributed by atoms with E-state index in [0.29, 0.717) is 17.7 Å². The van der Waals surface area contributed by atoms with Crippen molar-refractivity contribution in [3.05, 3.63) is 63.6 Å². The highest BCUT2D eigenvalue weighted by molar-refractivity contribution is 6.31. The van der Waals surface area contributed by atoms with Gasteiger partial charge in [0.2, 0.25) is 0 Å². The van der Waals surface area contributed by atoms with E-state index in [0.717, 1.165) is 34.9 Å². The van der Waals surface area contributed by atoms with Crippen LogP contribution < -0.4 is 10.1 Å². The standard InChI is InChI=1S/C18H21Cl2NO/c1-3-13(2)21-11-15-10-16(19)8-9-18(15)22-12-14-6-4-5-7-17(14)20/h4-10,13,21H,3,11-12H2,1-2H3. The summed E-state index contributed by atoms with van der Waals surface area (Å²) in [6, 6.07) is 13.9. The van der Waals surface area contributed by atoms with Gasteiger partial charge in [0.05, 0.1) is 0 Å². The van der Waals surface area contributed by atoms with Gasteiger partial charge in [-0.3, -0.25) is 0 Å². The summed E-state index contributed by atoms with van der Waals surface area (Å²) in [6.45, 7) is 5.49. The molecule has 4 heteroatoms. The van der Waals surface area contributed by atoms with Gasteiger partial charge in [0.1, 0.15) is 12.4 Å². The fourth-order valence-electron chi connectivity index (χ4n) is 2.03. The first-order chi connectivity index (χ1) is 10.6. The van der Waals surface area contributed by atoms with E-state index in [2.05, 4.69) is 19.2 Å². The third-order valence-corrected chi connectivity index (χ3v) is 4.22. The first-order valence-electron chi connectivity index (χ1n) is 7.48. The van der Waals surface area contributed by atoms with Gasteiger partial charge in [0, 0.05) is 33.8 Å². The molecular weight excluding hydrogens is 317 g/mol. The zero-order valence-corrected chi connectivity index (χ0v) is 14.4. The SMILES string of the molecule is CCC(C)NCc1cc(Cl)ccc1OCc1ccccc1Cl. The number of hydrogen-bond acceptors (Lipinski definition) is 2. The minimum absolute atomic E-state index is 0.442. The predicted octanol–water partition coefficient (Wildman–Crippen LogP) is 5.46. The Morgan fingerprint density at radius 1 is 1.09 bits per heavy atom. The van der Waals surface area contributed by atoms with Gasteiger partial charge in [0.25, 0.3) is 0 Å². The fraction of sp³-hybridized carbons (Fsp3) is 0.333. The molecule has 1 N–H and O–H groups in total. The third-order valence-electron chi connectivity index (χ3n) is 3.62. The first-order valence-corrected chi connectivity index (χ1v) is 8.23. The van der Waals surface area contributed by atoms with E-state index in [4.69, 9.17) is 27.9 Å². The van der Waals surface area contributed by atoms with Crippen LogP contribution in [0.2, 0.25) is 10.0 Å². The summed E-state index contributed by atoms with van der Waals surface area (Å²) in [4.78, 5) is 0.